The van der Waals surface area contributed by atoms with Crippen molar-refractivity contribution in [2.75, 3.05) is 0 Å². The molecule has 29 heavy (non-hydrogen) atoms. The third kappa shape index (κ3) is 6.19. The lowest BCUT2D eigenvalue weighted by Crippen LogP contribution is -2.83. The van der Waals surface area contributed by atoms with Crippen LogP contribution in [0.1, 0.15) is 55.4 Å². The van der Waals surface area contributed by atoms with Gasteiger partial charge in [-0.3, -0.25) is 9.13 Å². The Hall–Kier alpha value is 3.90. The Morgan fingerprint density at radius 2 is 0.552 bits per heavy atom. The summed E-state index contributed by atoms with van der Waals surface area (Å²) in [5, 5.41) is 0. The predicted octanol–water partition coefficient (Wildman–Crippen LogP) is 8.13. The zero-order chi connectivity index (χ0) is 24.0. The van der Waals surface area contributed by atoms with Gasteiger partial charge in [-0.25, -0.2) is 0 Å². The van der Waals surface area contributed by atoms with E-state index in [1.165, 1.54) is 0 Å². The standard InChI is InChI=1S/C12H28Cl10N2Si5/c1-9(2)23(10(3)4)25(13,14)27(17,18)29(21,22)28(19,20)26(15,16)24(11(5)6)12(7)8/h9-12H,1-8H3. The van der Waals surface area contributed by atoms with E-state index in [9.17, 15) is 0 Å². The fraction of sp³-hybridized carbons (Fsp3) is 1.00. The zero-order valence-electron chi connectivity index (χ0n) is 17.5. The molecule has 0 aliphatic rings. The van der Waals surface area contributed by atoms with E-state index in [0.29, 0.717) is 0 Å². The summed E-state index contributed by atoms with van der Waals surface area (Å²) >= 11 is 69.6. The van der Waals surface area contributed by atoms with Crippen LogP contribution in [-0.4, -0.2) is 63.2 Å². The Morgan fingerprint density at radius 1 is 0.379 bits per heavy atom. The van der Waals surface area contributed by atoms with Crippen LogP contribution >= 0.6 is 111 Å². The highest BCUT2D eigenvalue weighted by Crippen LogP contribution is 2.56. The van der Waals surface area contributed by atoms with Crippen molar-refractivity contribution in [1.82, 2.24) is 9.13 Å². The van der Waals surface area contributed by atoms with Gasteiger partial charge in [0, 0.05) is 0 Å². The molecule has 0 aliphatic carbocycles. The van der Waals surface area contributed by atoms with Crippen LogP contribution in [0.4, 0.5) is 0 Å². The van der Waals surface area contributed by atoms with Gasteiger partial charge in [-0.05, 0) is 24.2 Å². The fourth-order valence-electron chi connectivity index (χ4n) is 3.39. The second-order valence-corrected chi connectivity index (χ2v) is 71.9. The van der Waals surface area contributed by atoms with Crippen molar-refractivity contribution in [3.63, 3.8) is 0 Å². The highest BCUT2D eigenvalue weighted by atomic mass is 35.8. The minimum atomic E-state index is -3.94. The van der Waals surface area contributed by atoms with Gasteiger partial charge in [-0.1, -0.05) is 55.4 Å². The van der Waals surface area contributed by atoms with E-state index >= 15 is 0 Å². The second kappa shape index (κ2) is 11.3. The van der Waals surface area contributed by atoms with Crippen molar-refractivity contribution in [3.05, 3.63) is 0 Å². The molecule has 0 fully saturated rings. The van der Waals surface area contributed by atoms with Gasteiger partial charge in [0.25, 0.3) is 5.73 Å². The molecule has 0 saturated carbocycles. The number of hydrogen-bond donors (Lipinski definition) is 0. The fourth-order valence-corrected chi connectivity index (χ4v) is 139. The number of rotatable bonds is 10. The van der Waals surface area contributed by atoms with Crippen molar-refractivity contribution in [1.29, 1.82) is 0 Å². The molecule has 0 aliphatic heterocycles. The Balaban J connectivity index is 6.62. The van der Waals surface area contributed by atoms with Gasteiger partial charge in [0.2, 0.25) is 0 Å². The van der Waals surface area contributed by atoms with Gasteiger partial charge in [0.05, 0.1) is 0 Å². The first-order chi connectivity index (χ1) is 12.5. The molecule has 0 atom stereocenters. The molecule has 0 saturated heterocycles. The largest absolute Gasteiger partial charge is 0.342 e. The zero-order valence-corrected chi connectivity index (χ0v) is 30.0. The summed E-state index contributed by atoms with van der Waals surface area (Å²) in [6, 6.07) is -0.175. The molecule has 0 amide bonds. The number of hydrogen-bond acceptors (Lipinski definition) is 2. The Kier molecular flexibility index (Phi) is 12.8. The molecule has 0 rings (SSSR count). The van der Waals surface area contributed by atoms with Gasteiger partial charge >= 0.3 is 24.2 Å². The van der Waals surface area contributed by atoms with Crippen LogP contribution in [0.25, 0.3) is 0 Å². The predicted molar refractivity (Wildman–Crippen MR) is 152 cm³/mol. The van der Waals surface area contributed by atoms with Gasteiger partial charge in [0.15, 0.2) is 0 Å². The lowest BCUT2D eigenvalue weighted by molar-refractivity contribution is 0.311. The van der Waals surface area contributed by atoms with Gasteiger partial charge in [-0.15, -0.1) is 111 Å². The molecule has 0 unspecified atom stereocenters. The first-order valence-electron chi connectivity index (χ1n) is 8.99. The first kappa shape index (κ1) is 32.9. The molecule has 0 aromatic heterocycles. The van der Waals surface area contributed by atoms with E-state index in [0.717, 1.165) is 0 Å². The molecular formula is C12H28Cl10N2Si5. The van der Waals surface area contributed by atoms with Crippen molar-refractivity contribution >= 4 is 141 Å². The molecule has 2 nitrogen and oxygen atoms in total. The van der Waals surface area contributed by atoms with Crippen LogP contribution in [0.3, 0.4) is 0 Å². The lowest BCUT2D eigenvalue weighted by Gasteiger charge is -2.51. The third-order valence-electron chi connectivity index (χ3n) is 4.42. The van der Waals surface area contributed by atoms with Gasteiger partial charge < -0.3 is 0 Å². The maximum absolute atomic E-state index is 6.97. The summed E-state index contributed by atoms with van der Waals surface area (Å²) in [4.78, 5) is 0. The monoisotopic (exact) mass is 690 g/mol. The van der Waals surface area contributed by atoms with Crippen molar-refractivity contribution in [3.8, 4) is 0 Å². The number of nitrogens with zero attached hydrogens (tertiary/aromatic N) is 2. The van der Waals surface area contributed by atoms with E-state index < -0.39 is 29.9 Å². The summed E-state index contributed by atoms with van der Waals surface area (Å²) in [6.45, 7) is 15.6. The Bertz CT molecular complexity index is 497. The molecule has 0 bridgehead atoms. The summed E-state index contributed by atoms with van der Waals surface area (Å²) in [5.41, 5.74) is -11.7. The van der Waals surface area contributed by atoms with E-state index in [1.807, 2.05) is 64.5 Å². The summed E-state index contributed by atoms with van der Waals surface area (Å²) < 4.78 is 3.78. The summed E-state index contributed by atoms with van der Waals surface area (Å²) in [5.74, 6) is 0. The van der Waals surface area contributed by atoms with E-state index in [2.05, 4.69) is 0 Å². The van der Waals surface area contributed by atoms with E-state index in [1.54, 1.807) is 0 Å². The van der Waals surface area contributed by atoms with Crippen LogP contribution < -0.4 is 0 Å². The molecule has 0 radical (unpaired) electrons. The summed E-state index contributed by atoms with van der Waals surface area (Å²) in [6.07, 6.45) is -7.20. The average molecular weight is 695 g/mol. The smallest absolute Gasteiger partial charge is 0.296 e. The average Bonchev–Trinajstić information content (AvgIpc) is 2.43. The van der Waals surface area contributed by atoms with Crippen molar-refractivity contribution in [2.45, 2.75) is 79.6 Å². The Morgan fingerprint density at radius 3 is 0.690 bits per heavy atom. The molecule has 176 valence electrons. The van der Waals surface area contributed by atoms with Crippen LogP contribution in [0.15, 0.2) is 0 Å². The highest BCUT2D eigenvalue weighted by molar-refractivity contribution is 8.33. The van der Waals surface area contributed by atoms with Crippen LogP contribution in [-0.2, 0) is 0 Å². The quantitative estimate of drug-likeness (QED) is 0.168. The minimum absolute atomic E-state index is 0.0438. The molecule has 0 spiro atoms. The molecular weight excluding hydrogens is 667 g/mol. The molecule has 17 heteroatoms. The second-order valence-electron chi connectivity index (χ2n) is 8.00. The third-order valence-corrected chi connectivity index (χ3v) is 120. The normalized spacial score (nSPS) is 15.7. The van der Waals surface area contributed by atoms with Crippen LogP contribution in [0, 0.1) is 0 Å². The van der Waals surface area contributed by atoms with Crippen LogP contribution in [0.5, 0.6) is 0 Å². The van der Waals surface area contributed by atoms with Crippen molar-refractivity contribution < 1.29 is 0 Å². The van der Waals surface area contributed by atoms with Gasteiger partial charge in [0.1, 0.15) is 0 Å². The van der Waals surface area contributed by atoms with Crippen molar-refractivity contribution in [2.24, 2.45) is 0 Å². The molecule has 0 aromatic carbocycles. The lowest BCUT2D eigenvalue weighted by atomic mass is 10.3. The van der Waals surface area contributed by atoms with Gasteiger partial charge in [-0.2, -0.15) is 0 Å². The minimum Gasteiger partial charge on any atom is -0.296 e. The first-order valence-corrected chi connectivity index (χ1v) is 33.0. The van der Waals surface area contributed by atoms with E-state index in [-0.39, 0.29) is 24.2 Å². The molecule has 0 aromatic rings. The maximum atomic E-state index is 6.97. The molecule has 0 heterocycles. The van der Waals surface area contributed by atoms with Crippen LogP contribution in [0.2, 0.25) is 0 Å². The summed E-state index contributed by atoms with van der Waals surface area (Å²) in [7, 11) is 0. The topological polar surface area (TPSA) is 6.48 Å². The Labute approximate surface area is 227 Å². The maximum Gasteiger partial charge on any atom is 0.342 e. The SMILES string of the molecule is CC(C)N(C(C)C)[Si](Cl)(Cl)[Si](Cl)(Cl)[Si](Cl)(Cl)[Si](Cl)(Cl)[Si](Cl)(Cl)N(C(C)C)C(C)C. The molecule has 0 N–H and O–H groups in total. The number of halogens is 10. The highest BCUT2D eigenvalue weighted by Gasteiger charge is 2.83. The van der Waals surface area contributed by atoms with E-state index in [4.69, 9.17) is 111 Å².